The SMILES string of the molecule is CCC1NC(=O)N(CC(O)COCC(C)C)C1=O. The van der Waals surface area contributed by atoms with Gasteiger partial charge in [0.2, 0.25) is 0 Å². The van der Waals surface area contributed by atoms with Crippen LogP contribution in [0.1, 0.15) is 27.2 Å². The Bertz CT molecular complexity index is 306. The molecule has 1 rings (SSSR count). The smallest absolute Gasteiger partial charge is 0.324 e. The van der Waals surface area contributed by atoms with E-state index < -0.39 is 18.2 Å². The molecule has 1 heterocycles. The summed E-state index contributed by atoms with van der Waals surface area (Å²) in [6.45, 7) is 6.51. The minimum atomic E-state index is -0.839. The van der Waals surface area contributed by atoms with E-state index in [1.807, 2.05) is 20.8 Å². The third kappa shape index (κ3) is 3.96. The minimum Gasteiger partial charge on any atom is -0.389 e. The van der Waals surface area contributed by atoms with Crippen molar-refractivity contribution >= 4 is 11.9 Å². The molecular weight excluding hydrogens is 236 g/mol. The molecule has 18 heavy (non-hydrogen) atoms. The van der Waals surface area contributed by atoms with Crippen LogP contribution in [0.2, 0.25) is 0 Å². The lowest BCUT2D eigenvalue weighted by molar-refractivity contribution is -0.128. The standard InChI is InChI=1S/C12H22N2O4/c1-4-10-11(16)14(12(17)13-10)5-9(15)7-18-6-8(2)3/h8-10,15H,4-7H2,1-3H3,(H,13,17). The second-order valence-corrected chi connectivity index (χ2v) is 4.94. The second kappa shape index (κ2) is 6.70. The number of hydrogen-bond donors (Lipinski definition) is 2. The van der Waals surface area contributed by atoms with Gasteiger partial charge in [-0.1, -0.05) is 20.8 Å². The Morgan fingerprint density at radius 2 is 2.06 bits per heavy atom. The number of ether oxygens (including phenoxy) is 1. The van der Waals surface area contributed by atoms with Gasteiger partial charge in [0.15, 0.2) is 0 Å². The fourth-order valence-electron chi connectivity index (χ4n) is 1.73. The molecule has 0 saturated carbocycles. The number of β-amino-alcohol motifs (C(OH)–C–C–N with tert-alkyl or cyclic N) is 1. The fourth-order valence-corrected chi connectivity index (χ4v) is 1.73. The van der Waals surface area contributed by atoms with Gasteiger partial charge in [-0.3, -0.25) is 9.69 Å². The van der Waals surface area contributed by atoms with Crippen LogP contribution in [-0.4, -0.2) is 53.8 Å². The van der Waals surface area contributed by atoms with Crippen LogP contribution >= 0.6 is 0 Å². The number of urea groups is 1. The van der Waals surface area contributed by atoms with Crippen LogP contribution in [0, 0.1) is 5.92 Å². The number of nitrogens with one attached hydrogen (secondary N) is 1. The number of carbonyl (C=O) groups excluding carboxylic acids is 2. The molecule has 0 radical (unpaired) electrons. The summed E-state index contributed by atoms with van der Waals surface area (Å²) in [5, 5.41) is 12.3. The fraction of sp³-hybridized carbons (Fsp3) is 0.833. The van der Waals surface area contributed by atoms with Gasteiger partial charge in [0.25, 0.3) is 5.91 Å². The molecular formula is C12H22N2O4. The van der Waals surface area contributed by atoms with Crippen molar-refractivity contribution in [1.29, 1.82) is 0 Å². The number of aliphatic hydroxyl groups is 1. The molecule has 6 nitrogen and oxygen atoms in total. The molecule has 6 heteroatoms. The zero-order valence-corrected chi connectivity index (χ0v) is 11.2. The zero-order valence-electron chi connectivity index (χ0n) is 11.2. The number of hydrogen-bond acceptors (Lipinski definition) is 4. The van der Waals surface area contributed by atoms with E-state index in [1.165, 1.54) is 0 Å². The lowest BCUT2D eigenvalue weighted by Gasteiger charge is -2.18. The minimum absolute atomic E-state index is 0.0146. The van der Waals surface area contributed by atoms with E-state index in [2.05, 4.69) is 5.32 Å². The van der Waals surface area contributed by atoms with Gasteiger partial charge < -0.3 is 15.2 Å². The topological polar surface area (TPSA) is 78.9 Å². The Morgan fingerprint density at radius 3 is 2.56 bits per heavy atom. The molecule has 3 amide bonds. The van der Waals surface area contributed by atoms with E-state index in [1.54, 1.807) is 0 Å². The van der Waals surface area contributed by atoms with Crippen LogP contribution in [0.4, 0.5) is 4.79 Å². The second-order valence-electron chi connectivity index (χ2n) is 4.94. The van der Waals surface area contributed by atoms with E-state index in [4.69, 9.17) is 4.74 Å². The third-order valence-electron chi connectivity index (χ3n) is 2.67. The average Bonchev–Trinajstić information content (AvgIpc) is 2.56. The predicted octanol–water partition coefficient (Wildman–Crippen LogP) is 0.350. The van der Waals surface area contributed by atoms with Gasteiger partial charge in [-0.25, -0.2) is 4.79 Å². The van der Waals surface area contributed by atoms with Gasteiger partial charge in [0, 0.05) is 6.61 Å². The maximum Gasteiger partial charge on any atom is 0.324 e. The Morgan fingerprint density at radius 1 is 1.39 bits per heavy atom. The third-order valence-corrected chi connectivity index (χ3v) is 2.67. The summed E-state index contributed by atoms with van der Waals surface area (Å²) in [6, 6.07) is -0.893. The summed E-state index contributed by atoms with van der Waals surface area (Å²) >= 11 is 0. The van der Waals surface area contributed by atoms with Crippen molar-refractivity contribution in [3.05, 3.63) is 0 Å². The molecule has 0 spiro atoms. The van der Waals surface area contributed by atoms with Crippen LogP contribution in [0.25, 0.3) is 0 Å². The van der Waals surface area contributed by atoms with Crippen LogP contribution in [0.3, 0.4) is 0 Å². The van der Waals surface area contributed by atoms with Gasteiger partial charge in [-0.2, -0.15) is 0 Å². The van der Waals surface area contributed by atoms with Gasteiger partial charge in [-0.15, -0.1) is 0 Å². The van der Waals surface area contributed by atoms with Crippen LogP contribution in [0.5, 0.6) is 0 Å². The maximum absolute atomic E-state index is 11.8. The molecule has 1 fully saturated rings. The Hall–Kier alpha value is -1.14. The molecule has 0 bridgehead atoms. The molecule has 1 saturated heterocycles. The van der Waals surface area contributed by atoms with E-state index >= 15 is 0 Å². The quantitative estimate of drug-likeness (QED) is 0.646. The van der Waals surface area contributed by atoms with E-state index in [0.717, 1.165) is 4.90 Å². The first-order chi connectivity index (χ1) is 8.45. The molecule has 0 aromatic heterocycles. The van der Waals surface area contributed by atoms with Gasteiger partial charge in [-0.05, 0) is 12.3 Å². The molecule has 104 valence electrons. The normalized spacial score (nSPS) is 21.6. The number of nitrogens with zero attached hydrogens (tertiary/aromatic N) is 1. The maximum atomic E-state index is 11.8. The predicted molar refractivity (Wildman–Crippen MR) is 66.0 cm³/mol. The molecule has 2 atom stereocenters. The number of aliphatic hydroxyl groups excluding tert-OH is 1. The largest absolute Gasteiger partial charge is 0.389 e. The number of amides is 3. The van der Waals surface area contributed by atoms with Gasteiger partial charge in [0.05, 0.1) is 19.3 Å². The van der Waals surface area contributed by atoms with Crippen LogP contribution in [-0.2, 0) is 9.53 Å². The van der Waals surface area contributed by atoms with Crippen molar-refractivity contribution in [3.63, 3.8) is 0 Å². The van der Waals surface area contributed by atoms with Crippen molar-refractivity contribution in [2.24, 2.45) is 5.92 Å². The molecule has 0 aromatic carbocycles. The summed E-state index contributed by atoms with van der Waals surface area (Å²) in [4.78, 5) is 24.3. The summed E-state index contributed by atoms with van der Waals surface area (Å²) in [7, 11) is 0. The lowest BCUT2D eigenvalue weighted by atomic mass is 10.2. The van der Waals surface area contributed by atoms with Crippen LogP contribution < -0.4 is 5.32 Å². The van der Waals surface area contributed by atoms with Crippen molar-refractivity contribution in [2.45, 2.75) is 39.3 Å². The van der Waals surface area contributed by atoms with Gasteiger partial charge >= 0.3 is 6.03 Å². The summed E-state index contributed by atoms with van der Waals surface area (Å²) in [5.41, 5.74) is 0. The number of rotatable bonds is 7. The first-order valence-electron chi connectivity index (χ1n) is 6.33. The molecule has 1 aliphatic rings. The van der Waals surface area contributed by atoms with E-state index in [9.17, 15) is 14.7 Å². The summed E-state index contributed by atoms with van der Waals surface area (Å²) in [5.74, 6) is 0.115. The Balaban J connectivity index is 2.37. The van der Waals surface area contributed by atoms with Crippen molar-refractivity contribution in [2.75, 3.05) is 19.8 Å². The highest BCUT2D eigenvalue weighted by Gasteiger charge is 2.37. The van der Waals surface area contributed by atoms with E-state index in [0.29, 0.717) is 18.9 Å². The zero-order chi connectivity index (χ0) is 13.7. The highest BCUT2D eigenvalue weighted by atomic mass is 16.5. The molecule has 0 aliphatic carbocycles. The van der Waals surface area contributed by atoms with E-state index in [-0.39, 0.29) is 19.1 Å². The molecule has 1 aliphatic heterocycles. The first kappa shape index (κ1) is 14.9. The monoisotopic (exact) mass is 258 g/mol. The molecule has 2 N–H and O–H groups in total. The highest BCUT2D eigenvalue weighted by molar-refractivity contribution is 6.04. The van der Waals surface area contributed by atoms with Gasteiger partial charge in [0.1, 0.15) is 6.04 Å². The van der Waals surface area contributed by atoms with Crippen molar-refractivity contribution in [1.82, 2.24) is 10.2 Å². The number of carbonyl (C=O) groups is 2. The molecule has 0 aromatic rings. The Kier molecular flexibility index (Phi) is 5.55. The van der Waals surface area contributed by atoms with Crippen molar-refractivity contribution < 1.29 is 19.4 Å². The Labute approximate surface area is 107 Å². The number of imide groups is 1. The van der Waals surface area contributed by atoms with Crippen molar-refractivity contribution in [3.8, 4) is 0 Å². The summed E-state index contributed by atoms with van der Waals surface area (Å²) < 4.78 is 5.27. The summed E-state index contributed by atoms with van der Waals surface area (Å²) in [6.07, 6.45) is -0.282. The molecule has 2 unspecified atom stereocenters. The van der Waals surface area contributed by atoms with Crippen LogP contribution in [0.15, 0.2) is 0 Å². The lowest BCUT2D eigenvalue weighted by Crippen LogP contribution is -2.39. The average molecular weight is 258 g/mol. The first-order valence-corrected chi connectivity index (χ1v) is 6.33. The highest BCUT2D eigenvalue weighted by Crippen LogP contribution is 2.09.